The number of ether oxygens (including phenoxy) is 2. The molecule has 1 aliphatic rings. The van der Waals surface area contributed by atoms with E-state index in [0.717, 1.165) is 16.7 Å². The Labute approximate surface area is 221 Å². The van der Waals surface area contributed by atoms with E-state index in [1.54, 1.807) is 0 Å². The summed E-state index contributed by atoms with van der Waals surface area (Å²) in [5, 5.41) is 6.81. The van der Waals surface area contributed by atoms with Crippen LogP contribution in [0, 0.1) is 0 Å². The number of carbonyl (C=O) groups is 1. The number of para-hydroxylation sites is 1. The monoisotopic (exact) mass is 508 g/mol. The standard InChI is InChI=1S/C31H25ClN2O3/c1-2-36-29-20-22(16-17-28(29)37-21-23-10-9-13-25(32)18-23)19-27-30(24-11-5-3-6-12-24)33-34(31(27)35)26-14-7-4-8-15-26/h3-20H,2,21H2,1H3/b27-19-. The van der Waals surface area contributed by atoms with Gasteiger partial charge in [0.2, 0.25) is 0 Å². The van der Waals surface area contributed by atoms with Gasteiger partial charge in [-0.25, -0.2) is 0 Å². The minimum atomic E-state index is -0.190. The Balaban J connectivity index is 1.48. The van der Waals surface area contributed by atoms with E-state index in [1.165, 1.54) is 5.01 Å². The van der Waals surface area contributed by atoms with Crippen molar-refractivity contribution < 1.29 is 14.3 Å². The number of hydrazone groups is 1. The summed E-state index contributed by atoms with van der Waals surface area (Å²) in [6.07, 6.45) is 1.85. The van der Waals surface area contributed by atoms with E-state index in [4.69, 9.17) is 26.2 Å². The van der Waals surface area contributed by atoms with Crippen molar-refractivity contribution in [3.05, 3.63) is 130 Å². The molecule has 0 unspecified atom stereocenters. The summed E-state index contributed by atoms with van der Waals surface area (Å²) in [6, 6.07) is 32.3. The Morgan fingerprint density at radius 1 is 0.838 bits per heavy atom. The number of carbonyl (C=O) groups excluding carboxylic acids is 1. The van der Waals surface area contributed by atoms with Crippen LogP contribution in [0.15, 0.2) is 114 Å². The molecule has 0 bridgehead atoms. The highest BCUT2D eigenvalue weighted by Gasteiger charge is 2.32. The highest BCUT2D eigenvalue weighted by atomic mass is 35.5. The van der Waals surface area contributed by atoms with Crippen LogP contribution >= 0.6 is 11.6 Å². The molecule has 0 fully saturated rings. The molecule has 0 saturated carbocycles. The average Bonchev–Trinajstić information content (AvgIpc) is 3.25. The molecule has 1 amide bonds. The summed E-state index contributed by atoms with van der Waals surface area (Å²) < 4.78 is 11.9. The summed E-state index contributed by atoms with van der Waals surface area (Å²) >= 11 is 6.10. The summed E-state index contributed by atoms with van der Waals surface area (Å²) in [5.74, 6) is 1.02. The quantitative estimate of drug-likeness (QED) is 0.237. The maximum atomic E-state index is 13.5. The summed E-state index contributed by atoms with van der Waals surface area (Å²) in [7, 11) is 0. The fourth-order valence-electron chi connectivity index (χ4n) is 4.05. The van der Waals surface area contributed by atoms with Crippen LogP contribution in [0.3, 0.4) is 0 Å². The van der Waals surface area contributed by atoms with E-state index in [-0.39, 0.29) is 5.91 Å². The molecule has 6 heteroatoms. The van der Waals surface area contributed by atoms with Gasteiger partial charge in [-0.2, -0.15) is 10.1 Å². The van der Waals surface area contributed by atoms with Gasteiger partial charge in [0.1, 0.15) is 12.3 Å². The zero-order chi connectivity index (χ0) is 25.6. The number of amides is 1. The molecule has 5 nitrogen and oxygen atoms in total. The zero-order valence-electron chi connectivity index (χ0n) is 20.3. The second-order valence-electron chi connectivity index (χ2n) is 8.38. The second kappa shape index (κ2) is 11.1. The van der Waals surface area contributed by atoms with Crippen LogP contribution in [-0.2, 0) is 11.4 Å². The van der Waals surface area contributed by atoms with Gasteiger partial charge in [0.25, 0.3) is 5.91 Å². The molecule has 0 atom stereocenters. The maximum absolute atomic E-state index is 13.5. The lowest BCUT2D eigenvalue weighted by atomic mass is 10.00. The van der Waals surface area contributed by atoms with Gasteiger partial charge in [0.15, 0.2) is 11.5 Å². The van der Waals surface area contributed by atoms with Gasteiger partial charge in [-0.1, -0.05) is 78.3 Å². The lowest BCUT2D eigenvalue weighted by Crippen LogP contribution is -2.21. The average molecular weight is 509 g/mol. The Morgan fingerprint density at radius 2 is 1.59 bits per heavy atom. The molecular formula is C31H25ClN2O3. The molecule has 0 aromatic heterocycles. The smallest absolute Gasteiger partial charge is 0.281 e. The van der Waals surface area contributed by atoms with Crippen LogP contribution in [0.1, 0.15) is 23.6 Å². The highest BCUT2D eigenvalue weighted by molar-refractivity contribution is 6.37. The van der Waals surface area contributed by atoms with Gasteiger partial charge in [-0.05, 0) is 60.5 Å². The predicted molar refractivity (Wildman–Crippen MR) is 148 cm³/mol. The number of hydrogen-bond donors (Lipinski definition) is 0. The lowest BCUT2D eigenvalue weighted by molar-refractivity contribution is -0.114. The van der Waals surface area contributed by atoms with Gasteiger partial charge in [0.05, 0.1) is 17.9 Å². The van der Waals surface area contributed by atoms with E-state index < -0.39 is 0 Å². The van der Waals surface area contributed by atoms with E-state index >= 15 is 0 Å². The molecule has 0 radical (unpaired) electrons. The SMILES string of the molecule is CCOc1cc(/C=C2\C(=O)N(c3ccccc3)N=C2c2ccccc2)ccc1OCc1cccc(Cl)c1. The van der Waals surface area contributed by atoms with Crippen LogP contribution in [0.2, 0.25) is 5.02 Å². The molecule has 4 aromatic carbocycles. The third-order valence-electron chi connectivity index (χ3n) is 5.79. The fourth-order valence-corrected chi connectivity index (χ4v) is 4.27. The number of anilines is 1. The van der Waals surface area contributed by atoms with Crippen LogP contribution in [0.5, 0.6) is 11.5 Å². The topological polar surface area (TPSA) is 51.1 Å². The first-order valence-corrected chi connectivity index (χ1v) is 12.4. The molecular weight excluding hydrogens is 484 g/mol. The molecule has 0 N–H and O–H groups in total. The molecule has 1 aliphatic heterocycles. The minimum Gasteiger partial charge on any atom is -0.490 e. The van der Waals surface area contributed by atoms with Crippen LogP contribution in [-0.4, -0.2) is 18.2 Å². The number of hydrogen-bond acceptors (Lipinski definition) is 4. The van der Waals surface area contributed by atoms with Gasteiger partial charge < -0.3 is 9.47 Å². The van der Waals surface area contributed by atoms with Gasteiger partial charge >= 0.3 is 0 Å². The first-order chi connectivity index (χ1) is 18.1. The van der Waals surface area contributed by atoms with Crippen molar-refractivity contribution in [1.82, 2.24) is 0 Å². The van der Waals surface area contributed by atoms with E-state index in [9.17, 15) is 4.79 Å². The third kappa shape index (κ3) is 5.57. The Hall–Kier alpha value is -4.35. The van der Waals surface area contributed by atoms with Crippen molar-refractivity contribution in [3.63, 3.8) is 0 Å². The van der Waals surface area contributed by atoms with E-state index in [1.807, 2.05) is 116 Å². The van der Waals surface area contributed by atoms with Crippen molar-refractivity contribution in [1.29, 1.82) is 0 Å². The maximum Gasteiger partial charge on any atom is 0.281 e. The third-order valence-corrected chi connectivity index (χ3v) is 6.02. The van der Waals surface area contributed by atoms with Crippen molar-refractivity contribution in [2.24, 2.45) is 5.10 Å². The van der Waals surface area contributed by atoms with Crippen molar-refractivity contribution >= 4 is 35.0 Å². The largest absolute Gasteiger partial charge is 0.490 e. The predicted octanol–water partition coefficient (Wildman–Crippen LogP) is 7.15. The van der Waals surface area contributed by atoms with Crippen molar-refractivity contribution in [3.8, 4) is 11.5 Å². The molecule has 0 saturated heterocycles. The number of halogens is 1. The molecule has 184 valence electrons. The van der Waals surface area contributed by atoms with Crippen LogP contribution in [0.4, 0.5) is 5.69 Å². The normalized spacial score (nSPS) is 14.1. The van der Waals surface area contributed by atoms with Crippen molar-refractivity contribution in [2.75, 3.05) is 11.6 Å². The van der Waals surface area contributed by atoms with Gasteiger partial charge in [-0.15, -0.1) is 0 Å². The summed E-state index contributed by atoms with van der Waals surface area (Å²) in [6.45, 7) is 2.76. The first-order valence-electron chi connectivity index (χ1n) is 12.0. The fraction of sp³-hybridized carbons (Fsp3) is 0.0968. The number of benzene rings is 4. The molecule has 0 spiro atoms. The van der Waals surface area contributed by atoms with Gasteiger partial charge in [-0.3, -0.25) is 4.79 Å². The molecule has 5 rings (SSSR count). The Morgan fingerprint density at radius 3 is 2.32 bits per heavy atom. The minimum absolute atomic E-state index is 0.190. The van der Waals surface area contributed by atoms with Crippen molar-refractivity contribution in [2.45, 2.75) is 13.5 Å². The summed E-state index contributed by atoms with van der Waals surface area (Å²) in [5.41, 5.74) is 4.47. The second-order valence-corrected chi connectivity index (χ2v) is 8.82. The number of nitrogens with zero attached hydrogens (tertiary/aromatic N) is 2. The molecule has 37 heavy (non-hydrogen) atoms. The highest BCUT2D eigenvalue weighted by Crippen LogP contribution is 2.32. The van der Waals surface area contributed by atoms with Gasteiger partial charge in [0, 0.05) is 10.6 Å². The Kier molecular flexibility index (Phi) is 7.33. The number of rotatable bonds is 8. The van der Waals surface area contributed by atoms with Crippen LogP contribution in [0.25, 0.3) is 6.08 Å². The van der Waals surface area contributed by atoms with E-state index in [0.29, 0.717) is 46.7 Å². The van der Waals surface area contributed by atoms with Crippen LogP contribution < -0.4 is 14.5 Å². The first kappa shape index (κ1) is 24.3. The lowest BCUT2D eigenvalue weighted by Gasteiger charge is -2.13. The molecule has 0 aliphatic carbocycles. The molecule has 1 heterocycles. The summed E-state index contributed by atoms with van der Waals surface area (Å²) in [4.78, 5) is 13.5. The molecule has 4 aromatic rings. The zero-order valence-corrected chi connectivity index (χ0v) is 21.1. The Bertz CT molecular complexity index is 1470. The van der Waals surface area contributed by atoms with E-state index in [2.05, 4.69) is 0 Å².